The Morgan fingerprint density at radius 2 is 2.20 bits per heavy atom. The minimum atomic E-state index is -0.846. The zero-order valence-electron chi connectivity index (χ0n) is 8.18. The van der Waals surface area contributed by atoms with E-state index in [-0.39, 0.29) is 0 Å². The number of hydrazone groups is 1. The average Bonchev–Trinajstić information content (AvgIpc) is 2.68. The molecule has 4 nitrogen and oxygen atoms in total. The van der Waals surface area contributed by atoms with Gasteiger partial charge in [0.15, 0.2) is 0 Å². The maximum absolute atomic E-state index is 10.7. The molecule has 0 aromatic heterocycles. The van der Waals surface area contributed by atoms with Crippen molar-refractivity contribution < 1.29 is 9.90 Å². The van der Waals surface area contributed by atoms with Gasteiger partial charge in [-0.3, -0.25) is 5.43 Å². The lowest BCUT2D eigenvalue weighted by Gasteiger charge is -2.02. The molecule has 0 saturated carbocycles. The molecule has 0 aliphatic carbocycles. The Hall–Kier alpha value is -1.84. The van der Waals surface area contributed by atoms with Crippen LogP contribution in [0.3, 0.4) is 0 Å². The van der Waals surface area contributed by atoms with Crippen molar-refractivity contribution in [1.29, 1.82) is 0 Å². The summed E-state index contributed by atoms with van der Waals surface area (Å²) in [5.41, 5.74) is 4.67. The third kappa shape index (κ3) is 2.34. The van der Waals surface area contributed by atoms with Crippen molar-refractivity contribution in [3.63, 3.8) is 0 Å². The van der Waals surface area contributed by atoms with Crippen LogP contribution in [0.4, 0.5) is 0 Å². The molecule has 2 rings (SSSR count). The largest absolute Gasteiger partial charge is 0.480 e. The summed E-state index contributed by atoms with van der Waals surface area (Å²) < 4.78 is 0. The van der Waals surface area contributed by atoms with Crippen LogP contribution in [0.25, 0.3) is 0 Å². The SMILES string of the molecule is O=C(O)C1CC(Cc2ccccc2)=NN1. The lowest BCUT2D eigenvalue weighted by molar-refractivity contribution is -0.139. The van der Waals surface area contributed by atoms with Gasteiger partial charge in [0, 0.05) is 18.6 Å². The molecule has 15 heavy (non-hydrogen) atoms. The molecule has 0 spiro atoms. The molecule has 0 saturated heterocycles. The quantitative estimate of drug-likeness (QED) is 0.773. The molecule has 1 atom stereocenters. The minimum absolute atomic E-state index is 0.490. The van der Waals surface area contributed by atoms with Crippen LogP contribution in [0.15, 0.2) is 35.4 Å². The maximum atomic E-state index is 10.7. The third-order valence-electron chi connectivity index (χ3n) is 2.37. The summed E-state index contributed by atoms with van der Waals surface area (Å²) in [6.07, 6.45) is 1.21. The van der Waals surface area contributed by atoms with Crippen molar-refractivity contribution in [2.24, 2.45) is 5.10 Å². The Kier molecular flexibility index (Phi) is 2.67. The first-order valence-corrected chi connectivity index (χ1v) is 4.83. The van der Waals surface area contributed by atoms with Gasteiger partial charge < -0.3 is 5.11 Å². The molecule has 0 amide bonds. The van der Waals surface area contributed by atoms with Gasteiger partial charge in [-0.2, -0.15) is 5.10 Å². The highest BCUT2D eigenvalue weighted by Crippen LogP contribution is 2.09. The van der Waals surface area contributed by atoms with Crippen molar-refractivity contribution in [3.05, 3.63) is 35.9 Å². The van der Waals surface area contributed by atoms with Crippen LogP contribution in [-0.4, -0.2) is 22.8 Å². The van der Waals surface area contributed by atoms with Gasteiger partial charge in [0.05, 0.1) is 0 Å². The fourth-order valence-corrected chi connectivity index (χ4v) is 1.58. The number of nitrogens with zero attached hydrogens (tertiary/aromatic N) is 1. The van der Waals surface area contributed by atoms with Crippen molar-refractivity contribution in [3.8, 4) is 0 Å². The first kappa shape index (κ1) is 9.71. The second-order valence-corrected chi connectivity index (χ2v) is 3.56. The van der Waals surface area contributed by atoms with Crippen LogP contribution in [0, 0.1) is 0 Å². The molecular weight excluding hydrogens is 192 g/mol. The van der Waals surface area contributed by atoms with E-state index >= 15 is 0 Å². The van der Waals surface area contributed by atoms with Gasteiger partial charge in [0.25, 0.3) is 0 Å². The molecule has 0 bridgehead atoms. The molecule has 0 radical (unpaired) electrons. The number of hydrogen-bond donors (Lipinski definition) is 2. The van der Waals surface area contributed by atoms with Crippen LogP contribution in [0.1, 0.15) is 12.0 Å². The highest BCUT2D eigenvalue weighted by atomic mass is 16.4. The standard InChI is InChI=1S/C11H12N2O2/c14-11(15)10-7-9(12-13-10)6-8-4-2-1-3-5-8/h1-5,10,13H,6-7H2,(H,14,15). The van der Waals surface area contributed by atoms with E-state index in [0.717, 1.165) is 17.7 Å². The molecule has 78 valence electrons. The summed E-state index contributed by atoms with van der Waals surface area (Å²) in [6, 6.07) is 9.36. The van der Waals surface area contributed by atoms with Crippen molar-refractivity contribution in [2.45, 2.75) is 18.9 Å². The molecular formula is C11H12N2O2. The lowest BCUT2D eigenvalue weighted by Crippen LogP contribution is -2.29. The Bertz CT molecular complexity index is 387. The summed E-state index contributed by atoms with van der Waals surface area (Å²) in [5.74, 6) is -0.846. The van der Waals surface area contributed by atoms with E-state index in [2.05, 4.69) is 10.5 Å². The number of rotatable bonds is 3. The van der Waals surface area contributed by atoms with Crippen LogP contribution in [0.5, 0.6) is 0 Å². The van der Waals surface area contributed by atoms with Gasteiger partial charge in [-0.25, -0.2) is 4.79 Å². The van der Waals surface area contributed by atoms with E-state index < -0.39 is 12.0 Å². The number of aliphatic carboxylic acids is 1. The van der Waals surface area contributed by atoms with E-state index in [1.807, 2.05) is 30.3 Å². The highest BCUT2D eigenvalue weighted by Gasteiger charge is 2.24. The number of nitrogens with one attached hydrogen (secondary N) is 1. The molecule has 1 aliphatic heterocycles. The summed E-state index contributed by atoms with van der Waals surface area (Å²) >= 11 is 0. The first-order valence-electron chi connectivity index (χ1n) is 4.83. The first-order chi connectivity index (χ1) is 7.25. The molecule has 1 unspecified atom stereocenters. The van der Waals surface area contributed by atoms with Crippen LogP contribution in [0.2, 0.25) is 0 Å². The van der Waals surface area contributed by atoms with Crippen molar-refractivity contribution in [2.75, 3.05) is 0 Å². The molecule has 4 heteroatoms. The zero-order valence-corrected chi connectivity index (χ0v) is 8.18. The van der Waals surface area contributed by atoms with Gasteiger partial charge in [0.1, 0.15) is 6.04 Å². The smallest absolute Gasteiger partial charge is 0.328 e. The summed E-state index contributed by atoms with van der Waals surface area (Å²) in [6.45, 7) is 0. The number of carbonyl (C=O) groups is 1. The van der Waals surface area contributed by atoms with E-state index in [4.69, 9.17) is 5.11 Å². The summed E-state index contributed by atoms with van der Waals surface area (Å²) in [5, 5.41) is 12.8. The molecule has 0 fully saturated rings. The van der Waals surface area contributed by atoms with Crippen LogP contribution in [-0.2, 0) is 11.2 Å². The molecule has 1 aromatic carbocycles. The van der Waals surface area contributed by atoms with Gasteiger partial charge in [-0.15, -0.1) is 0 Å². The number of carboxylic acids is 1. The zero-order chi connectivity index (χ0) is 10.7. The second-order valence-electron chi connectivity index (χ2n) is 3.56. The molecule has 1 heterocycles. The number of carboxylic acid groups (broad SMARTS) is 1. The lowest BCUT2D eigenvalue weighted by atomic mass is 10.0. The molecule has 1 aliphatic rings. The van der Waals surface area contributed by atoms with Crippen molar-refractivity contribution >= 4 is 11.7 Å². The van der Waals surface area contributed by atoms with Crippen molar-refractivity contribution in [1.82, 2.24) is 5.43 Å². The second kappa shape index (κ2) is 4.13. The van der Waals surface area contributed by atoms with Gasteiger partial charge in [0.2, 0.25) is 0 Å². The number of hydrogen-bond acceptors (Lipinski definition) is 3. The van der Waals surface area contributed by atoms with E-state index in [1.54, 1.807) is 0 Å². The Morgan fingerprint density at radius 3 is 2.80 bits per heavy atom. The predicted octanol–water partition coefficient (Wildman–Crippen LogP) is 1.03. The predicted molar refractivity (Wildman–Crippen MR) is 56.8 cm³/mol. The monoisotopic (exact) mass is 204 g/mol. The highest BCUT2D eigenvalue weighted by molar-refractivity contribution is 5.93. The molecule has 2 N–H and O–H groups in total. The molecule has 1 aromatic rings. The topological polar surface area (TPSA) is 61.7 Å². The fourth-order valence-electron chi connectivity index (χ4n) is 1.58. The Morgan fingerprint density at radius 1 is 1.47 bits per heavy atom. The normalized spacial score (nSPS) is 19.5. The summed E-state index contributed by atoms with van der Waals surface area (Å²) in [4.78, 5) is 10.7. The van der Waals surface area contributed by atoms with E-state index in [1.165, 1.54) is 0 Å². The average molecular weight is 204 g/mol. The minimum Gasteiger partial charge on any atom is -0.480 e. The van der Waals surface area contributed by atoms with E-state index in [9.17, 15) is 4.79 Å². The maximum Gasteiger partial charge on any atom is 0.328 e. The Labute approximate surface area is 87.6 Å². The van der Waals surface area contributed by atoms with Gasteiger partial charge in [-0.1, -0.05) is 30.3 Å². The van der Waals surface area contributed by atoms with E-state index in [0.29, 0.717) is 6.42 Å². The Balaban J connectivity index is 1.96. The summed E-state index contributed by atoms with van der Waals surface area (Å²) in [7, 11) is 0. The van der Waals surface area contributed by atoms with Crippen LogP contribution < -0.4 is 5.43 Å². The van der Waals surface area contributed by atoms with Crippen LogP contribution >= 0.6 is 0 Å². The third-order valence-corrected chi connectivity index (χ3v) is 2.37. The van der Waals surface area contributed by atoms with Gasteiger partial charge in [-0.05, 0) is 5.56 Å². The number of benzene rings is 1. The fraction of sp³-hybridized carbons (Fsp3) is 0.273. The van der Waals surface area contributed by atoms with Gasteiger partial charge >= 0.3 is 5.97 Å².